The van der Waals surface area contributed by atoms with E-state index in [9.17, 15) is 14.7 Å². The van der Waals surface area contributed by atoms with Gasteiger partial charge in [0.15, 0.2) is 0 Å². The van der Waals surface area contributed by atoms with Crippen LogP contribution in [0, 0.1) is 5.82 Å². The SMILES string of the molecule is COC(=O)[C@@H]1NC2(CCCCC2)[C@@]2(C(=O)Nc3cc(O)ccc32)[C@H]1c1cccc(Cl)c1F. The molecule has 5 rings (SSSR count). The Morgan fingerprint density at radius 2 is 1.97 bits per heavy atom. The number of rotatable bonds is 2. The molecule has 32 heavy (non-hydrogen) atoms. The van der Waals surface area contributed by atoms with Gasteiger partial charge in [0.2, 0.25) is 5.91 Å². The third-order valence-corrected chi connectivity index (χ3v) is 7.79. The Kier molecular flexibility index (Phi) is 4.94. The van der Waals surface area contributed by atoms with Crippen LogP contribution in [0.1, 0.15) is 49.1 Å². The first-order valence-corrected chi connectivity index (χ1v) is 11.2. The zero-order valence-corrected chi connectivity index (χ0v) is 18.3. The number of aromatic hydroxyl groups is 1. The number of amides is 1. The molecule has 1 saturated heterocycles. The van der Waals surface area contributed by atoms with E-state index in [4.69, 9.17) is 16.3 Å². The Hall–Kier alpha value is -2.64. The third kappa shape index (κ3) is 2.67. The molecule has 2 heterocycles. The Morgan fingerprint density at radius 3 is 2.69 bits per heavy atom. The Labute approximate surface area is 190 Å². The number of phenols is 1. The number of ether oxygens (including phenoxy) is 1. The summed E-state index contributed by atoms with van der Waals surface area (Å²) in [5.74, 6) is -2.40. The van der Waals surface area contributed by atoms with Gasteiger partial charge in [0.05, 0.1) is 12.1 Å². The molecule has 3 N–H and O–H groups in total. The number of carbonyl (C=O) groups is 2. The third-order valence-electron chi connectivity index (χ3n) is 7.50. The quantitative estimate of drug-likeness (QED) is 0.592. The normalized spacial score (nSPS) is 28.0. The summed E-state index contributed by atoms with van der Waals surface area (Å²) in [6.45, 7) is 0. The molecule has 2 aliphatic heterocycles. The van der Waals surface area contributed by atoms with E-state index in [1.807, 2.05) is 0 Å². The molecule has 3 atom stereocenters. The molecule has 1 saturated carbocycles. The lowest BCUT2D eigenvalue weighted by atomic mass is 9.55. The molecule has 1 amide bonds. The van der Waals surface area contributed by atoms with Crippen molar-refractivity contribution in [2.45, 2.75) is 55.0 Å². The summed E-state index contributed by atoms with van der Waals surface area (Å²) in [7, 11) is 1.29. The molecule has 1 aliphatic carbocycles. The molecule has 8 heteroatoms. The molecule has 168 valence electrons. The fourth-order valence-corrected chi connectivity index (χ4v) is 6.52. The maximum Gasteiger partial charge on any atom is 0.323 e. The summed E-state index contributed by atoms with van der Waals surface area (Å²) in [6.07, 6.45) is 4.05. The van der Waals surface area contributed by atoms with Crippen molar-refractivity contribution >= 4 is 29.2 Å². The molecule has 0 radical (unpaired) electrons. The summed E-state index contributed by atoms with van der Waals surface area (Å²) >= 11 is 6.14. The minimum absolute atomic E-state index is 0.0137. The van der Waals surface area contributed by atoms with Crippen molar-refractivity contribution in [3.8, 4) is 5.75 Å². The standard InChI is InChI=1S/C24H24ClFN2O4/c1-32-21(30)20-18(14-6-5-7-16(25)19(14)26)24(23(28-20)10-3-2-4-11-23)15-9-8-13(29)12-17(15)27-22(24)31/h5-9,12,18,20,28-29H,2-4,10-11H2,1H3,(H,27,31)/t18-,20+,24+/m0/s1. The maximum atomic E-state index is 15.5. The van der Waals surface area contributed by atoms with E-state index in [-0.39, 0.29) is 22.2 Å². The number of hydrogen-bond acceptors (Lipinski definition) is 5. The number of esters is 1. The highest BCUT2D eigenvalue weighted by molar-refractivity contribution is 6.30. The monoisotopic (exact) mass is 458 g/mol. The zero-order chi connectivity index (χ0) is 22.7. The van der Waals surface area contributed by atoms with Crippen molar-refractivity contribution in [2.75, 3.05) is 12.4 Å². The summed E-state index contributed by atoms with van der Waals surface area (Å²) in [5.41, 5.74) is -0.750. The maximum absolute atomic E-state index is 15.5. The van der Waals surface area contributed by atoms with Crippen LogP contribution in [0.5, 0.6) is 5.75 Å². The van der Waals surface area contributed by atoms with Crippen LogP contribution in [-0.4, -0.2) is 35.7 Å². The van der Waals surface area contributed by atoms with Crippen molar-refractivity contribution in [1.29, 1.82) is 0 Å². The van der Waals surface area contributed by atoms with E-state index < -0.39 is 34.7 Å². The highest BCUT2D eigenvalue weighted by Gasteiger charge is 2.72. The van der Waals surface area contributed by atoms with Crippen molar-refractivity contribution in [1.82, 2.24) is 5.32 Å². The number of anilines is 1. The largest absolute Gasteiger partial charge is 0.508 e. The lowest BCUT2D eigenvalue weighted by molar-refractivity contribution is -0.143. The van der Waals surface area contributed by atoms with Crippen molar-refractivity contribution < 1.29 is 23.8 Å². The van der Waals surface area contributed by atoms with Gasteiger partial charge in [-0.3, -0.25) is 14.9 Å². The first-order valence-electron chi connectivity index (χ1n) is 10.8. The molecular weight excluding hydrogens is 435 g/mol. The van der Waals surface area contributed by atoms with Gasteiger partial charge in [-0.1, -0.05) is 49.1 Å². The fourth-order valence-electron chi connectivity index (χ4n) is 6.34. The summed E-state index contributed by atoms with van der Waals surface area (Å²) in [4.78, 5) is 27.0. The van der Waals surface area contributed by atoms with Crippen LogP contribution in [0.4, 0.5) is 10.1 Å². The predicted molar refractivity (Wildman–Crippen MR) is 117 cm³/mol. The Bertz CT molecular complexity index is 1120. The van der Waals surface area contributed by atoms with Gasteiger partial charge in [-0.15, -0.1) is 0 Å². The van der Waals surface area contributed by atoms with Crippen LogP contribution in [0.2, 0.25) is 5.02 Å². The molecule has 0 aromatic heterocycles. The van der Waals surface area contributed by atoms with Crippen molar-refractivity contribution in [2.24, 2.45) is 0 Å². The van der Waals surface area contributed by atoms with Crippen LogP contribution in [-0.2, 0) is 19.7 Å². The average molecular weight is 459 g/mol. The van der Waals surface area contributed by atoms with Gasteiger partial charge < -0.3 is 15.2 Å². The molecule has 3 aliphatic rings. The van der Waals surface area contributed by atoms with E-state index in [1.54, 1.807) is 18.2 Å². The first kappa shape index (κ1) is 21.2. The van der Waals surface area contributed by atoms with Crippen LogP contribution < -0.4 is 10.6 Å². The van der Waals surface area contributed by atoms with Crippen LogP contribution in [0.3, 0.4) is 0 Å². The zero-order valence-electron chi connectivity index (χ0n) is 17.6. The number of phenolic OH excluding ortho intramolecular Hbond substituents is 1. The minimum atomic E-state index is -1.28. The highest BCUT2D eigenvalue weighted by Crippen LogP contribution is 2.62. The minimum Gasteiger partial charge on any atom is -0.508 e. The number of methoxy groups -OCH3 is 1. The van der Waals surface area contributed by atoms with Crippen molar-refractivity contribution in [3.63, 3.8) is 0 Å². The second-order valence-corrected chi connectivity index (χ2v) is 9.31. The van der Waals surface area contributed by atoms with E-state index >= 15 is 4.39 Å². The number of carbonyl (C=O) groups excluding carboxylic acids is 2. The lowest BCUT2D eigenvalue weighted by Gasteiger charge is -2.47. The molecule has 0 bridgehead atoms. The number of benzene rings is 2. The molecule has 2 spiro atoms. The average Bonchev–Trinajstić information content (AvgIpc) is 3.23. The number of fused-ring (bicyclic) bond motifs is 3. The lowest BCUT2D eigenvalue weighted by Crippen LogP contribution is -2.60. The molecule has 2 aromatic carbocycles. The van der Waals surface area contributed by atoms with Crippen LogP contribution >= 0.6 is 11.6 Å². The predicted octanol–water partition coefficient (Wildman–Crippen LogP) is 4.01. The smallest absolute Gasteiger partial charge is 0.323 e. The fraction of sp³-hybridized carbons (Fsp3) is 0.417. The van der Waals surface area contributed by atoms with Gasteiger partial charge in [-0.05, 0) is 36.1 Å². The van der Waals surface area contributed by atoms with E-state index in [0.717, 1.165) is 19.3 Å². The van der Waals surface area contributed by atoms with Crippen LogP contribution in [0.25, 0.3) is 0 Å². The van der Waals surface area contributed by atoms with E-state index in [1.165, 1.54) is 25.3 Å². The highest BCUT2D eigenvalue weighted by atomic mass is 35.5. The molecule has 2 aromatic rings. The van der Waals surface area contributed by atoms with Gasteiger partial charge >= 0.3 is 5.97 Å². The van der Waals surface area contributed by atoms with Gasteiger partial charge in [-0.25, -0.2) is 4.39 Å². The van der Waals surface area contributed by atoms with Gasteiger partial charge in [0, 0.05) is 23.2 Å². The number of nitrogens with one attached hydrogen (secondary N) is 2. The number of halogens is 2. The van der Waals surface area contributed by atoms with E-state index in [2.05, 4.69) is 10.6 Å². The second-order valence-electron chi connectivity index (χ2n) is 8.90. The Morgan fingerprint density at radius 1 is 1.22 bits per heavy atom. The summed E-state index contributed by atoms with van der Waals surface area (Å²) in [6, 6.07) is 8.42. The molecule has 2 fully saturated rings. The topological polar surface area (TPSA) is 87.7 Å². The molecule has 0 unspecified atom stereocenters. The van der Waals surface area contributed by atoms with Crippen molar-refractivity contribution in [3.05, 3.63) is 58.4 Å². The van der Waals surface area contributed by atoms with Gasteiger partial charge in [0.1, 0.15) is 23.0 Å². The first-order chi connectivity index (χ1) is 15.4. The molecular formula is C24H24ClFN2O4. The van der Waals surface area contributed by atoms with Gasteiger partial charge in [-0.2, -0.15) is 0 Å². The molecule has 6 nitrogen and oxygen atoms in total. The second kappa shape index (κ2) is 7.46. The number of hydrogen-bond donors (Lipinski definition) is 3. The van der Waals surface area contributed by atoms with E-state index in [0.29, 0.717) is 24.1 Å². The van der Waals surface area contributed by atoms with Gasteiger partial charge in [0.25, 0.3) is 0 Å². The summed E-state index contributed by atoms with van der Waals surface area (Å²) < 4.78 is 20.6. The summed E-state index contributed by atoms with van der Waals surface area (Å²) in [5, 5.41) is 16.3. The van der Waals surface area contributed by atoms with Crippen LogP contribution in [0.15, 0.2) is 36.4 Å². The Balaban J connectivity index is 1.85.